The van der Waals surface area contributed by atoms with Crippen molar-refractivity contribution in [3.63, 3.8) is 0 Å². The van der Waals surface area contributed by atoms with Crippen LogP contribution in [0.5, 0.6) is 0 Å². The zero-order valence-corrected chi connectivity index (χ0v) is 9.89. The summed E-state index contributed by atoms with van der Waals surface area (Å²) in [6.07, 6.45) is 0.331. The maximum atomic E-state index is 13.2. The van der Waals surface area contributed by atoms with Gasteiger partial charge in [-0.25, -0.2) is 13.6 Å². The standard InChI is InChI=1S/C12H16F2N2O/c1-8(2)16-12(17)15-6-5-9-3-4-10(13)7-11(9)14/h3-4,7-8H,5-6H2,1-2H3,(H2,15,16,17). The maximum absolute atomic E-state index is 13.2. The minimum atomic E-state index is -0.600. The first-order valence-electron chi connectivity index (χ1n) is 5.47. The molecule has 0 heterocycles. The number of benzene rings is 1. The molecule has 0 fully saturated rings. The van der Waals surface area contributed by atoms with E-state index in [1.165, 1.54) is 12.1 Å². The van der Waals surface area contributed by atoms with Crippen LogP contribution in [0, 0.1) is 11.6 Å². The first-order chi connectivity index (χ1) is 7.99. The number of carbonyl (C=O) groups is 1. The summed E-state index contributed by atoms with van der Waals surface area (Å²) in [6.45, 7) is 4.00. The van der Waals surface area contributed by atoms with E-state index < -0.39 is 11.6 Å². The molecule has 0 bridgehead atoms. The Bertz CT molecular complexity index is 394. The van der Waals surface area contributed by atoms with Gasteiger partial charge in [0.15, 0.2) is 0 Å². The van der Waals surface area contributed by atoms with E-state index in [1.807, 2.05) is 13.8 Å². The van der Waals surface area contributed by atoms with Crippen LogP contribution in [0.4, 0.5) is 13.6 Å². The summed E-state index contributed by atoms with van der Waals surface area (Å²) >= 11 is 0. The lowest BCUT2D eigenvalue weighted by Crippen LogP contribution is -2.40. The molecule has 94 valence electrons. The fraction of sp³-hybridized carbons (Fsp3) is 0.417. The summed E-state index contributed by atoms with van der Waals surface area (Å²) in [5, 5.41) is 5.24. The summed E-state index contributed by atoms with van der Waals surface area (Å²) in [6, 6.07) is 3.18. The van der Waals surface area contributed by atoms with Crippen molar-refractivity contribution in [2.45, 2.75) is 26.3 Å². The minimum absolute atomic E-state index is 0.0533. The predicted octanol–water partition coefficient (Wildman–Crippen LogP) is 2.21. The van der Waals surface area contributed by atoms with Crippen molar-refractivity contribution in [2.24, 2.45) is 0 Å². The predicted molar refractivity (Wildman–Crippen MR) is 61.7 cm³/mol. The van der Waals surface area contributed by atoms with Crippen molar-refractivity contribution in [3.05, 3.63) is 35.4 Å². The van der Waals surface area contributed by atoms with Crippen molar-refractivity contribution >= 4 is 6.03 Å². The van der Waals surface area contributed by atoms with Gasteiger partial charge in [0.1, 0.15) is 11.6 Å². The largest absolute Gasteiger partial charge is 0.338 e. The van der Waals surface area contributed by atoms with Crippen molar-refractivity contribution in [1.29, 1.82) is 0 Å². The van der Waals surface area contributed by atoms with E-state index in [-0.39, 0.29) is 12.1 Å². The molecule has 0 spiro atoms. The molecule has 5 heteroatoms. The number of halogens is 2. The number of hydrogen-bond donors (Lipinski definition) is 2. The summed E-state index contributed by atoms with van der Waals surface area (Å²) < 4.78 is 25.8. The zero-order valence-electron chi connectivity index (χ0n) is 9.89. The molecule has 2 amide bonds. The average Bonchev–Trinajstić information content (AvgIpc) is 2.20. The smallest absolute Gasteiger partial charge is 0.314 e. The number of hydrogen-bond acceptors (Lipinski definition) is 1. The molecule has 0 saturated carbocycles. The van der Waals surface area contributed by atoms with Gasteiger partial charge in [-0.2, -0.15) is 0 Å². The molecule has 1 aromatic rings. The number of nitrogens with one attached hydrogen (secondary N) is 2. The van der Waals surface area contributed by atoms with Crippen LogP contribution in [0.25, 0.3) is 0 Å². The summed E-state index contributed by atoms with van der Waals surface area (Å²) in [5.74, 6) is -1.19. The van der Waals surface area contributed by atoms with Gasteiger partial charge in [-0.15, -0.1) is 0 Å². The molecule has 1 rings (SSSR count). The number of urea groups is 1. The lowest BCUT2D eigenvalue weighted by atomic mass is 10.1. The molecule has 0 aliphatic rings. The van der Waals surface area contributed by atoms with Gasteiger partial charge in [0.05, 0.1) is 0 Å². The van der Waals surface area contributed by atoms with E-state index in [0.29, 0.717) is 18.5 Å². The third-order valence-electron chi connectivity index (χ3n) is 2.11. The van der Waals surface area contributed by atoms with E-state index >= 15 is 0 Å². The molecule has 2 N–H and O–H groups in total. The minimum Gasteiger partial charge on any atom is -0.338 e. The van der Waals surface area contributed by atoms with E-state index in [2.05, 4.69) is 10.6 Å². The van der Waals surface area contributed by atoms with Crippen LogP contribution in [-0.4, -0.2) is 18.6 Å². The highest BCUT2D eigenvalue weighted by molar-refractivity contribution is 5.74. The quantitative estimate of drug-likeness (QED) is 0.835. The van der Waals surface area contributed by atoms with Gasteiger partial charge >= 0.3 is 6.03 Å². The second kappa shape index (κ2) is 6.18. The monoisotopic (exact) mass is 242 g/mol. The van der Waals surface area contributed by atoms with Crippen LogP contribution in [0.1, 0.15) is 19.4 Å². The topological polar surface area (TPSA) is 41.1 Å². The average molecular weight is 242 g/mol. The fourth-order valence-corrected chi connectivity index (χ4v) is 1.35. The van der Waals surface area contributed by atoms with Crippen LogP contribution in [0.3, 0.4) is 0 Å². The number of amides is 2. The van der Waals surface area contributed by atoms with Crippen LogP contribution >= 0.6 is 0 Å². The molecule has 0 atom stereocenters. The van der Waals surface area contributed by atoms with Gasteiger partial charge in [0, 0.05) is 18.7 Å². The van der Waals surface area contributed by atoms with Crippen molar-refractivity contribution in [3.8, 4) is 0 Å². The van der Waals surface area contributed by atoms with Gasteiger partial charge in [-0.3, -0.25) is 0 Å². The third-order valence-corrected chi connectivity index (χ3v) is 2.11. The lowest BCUT2D eigenvalue weighted by Gasteiger charge is -2.10. The first kappa shape index (κ1) is 13.4. The highest BCUT2D eigenvalue weighted by atomic mass is 19.1. The van der Waals surface area contributed by atoms with E-state index in [4.69, 9.17) is 0 Å². The second-order valence-electron chi connectivity index (χ2n) is 4.04. The van der Waals surface area contributed by atoms with Crippen molar-refractivity contribution < 1.29 is 13.6 Å². The molecule has 0 unspecified atom stereocenters. The van der Waals surface area contributed by atoms with Crippen molar-refractivity contribution in [1.82, 2.24) is 10.6 Å². The Morgan fingerprint density at radius 2 is 2.06 bits per heavy atom. The molecule has 17 heavy (non-hydrogen) atoms. The fourth-order valence-electron chi connectivity index (χ4n) is 1.35. The molecule has 1 aromatic carbocycles. The molecule has 0 aliphatic carbocycles. The molecule has 0 radical (unpaired) electrons. The molecule has 0 aliphatic heterocycles. The van der Waals surface area contributed by atoms with Crippen LogP contribution in [-0.2, 0) is 6.42 Å². The molecular formula is C12H16F2N2O. The Morgan fingerprint density at radius 3 is 2.65 bits per heavy atom. The molecular weight excluding hydrogens is 226 g/mol. The maximum Gasteiger partial charge on any atom is 0.314 e. The van der Waals surface area contributed by atoms with Crippen LogP contribution < -0.4 is 10.6 Å². The zero-order chi connectivity index (χ0) is 12.8. The van der Waals surface area contributed by atoms with Gasteiger partial charge in [-0.05, 0) is 31.9 Å². The van der Waals surface area contributed by atoms with Gasteiger partial charge < -0.3 is 10.6 Å². The number of rotatable bonds is 4. The van der Waals surface area contributed by atoms with Gasteiger partial charge in [-0.1, -0.05) is 6.07 Å². The van der Waals surface area contributed by atoms with E-state index in [9.17, 15) is 13.6 Å². The highest BCUT2D eigenvalue weighted by Crippen LogP contribution is 2.09. The molecule has 0 saturated heterocycles. The third kappa shape index (κ3) is 4.80. The van der Waals surface area contributed by atoms with E-state index in [0.717, 1.165) is 6.07 Å². The van der Waals surface area contributed by atoms with Gasteiger partial charge in [0.25, 0.3) is 0 Å². The normalized spacial score (nSPS) is 10.4. The number of carbonyl (C=O) groups excluding carboxylic acids is 1. The lowest BCUT2D eigenvalue weighted by molar-refractivity contribution is 0.238. The summed E-state index contributed by atoms with van der Waals surface area (Å²) in [4.78, 5) is 11.2. The molecule has 3 nitrogen and oxygen atoms in total. The molecule has 0 aromatic heterocycles. The van der Waals surface area contributed by atoms with E-state index in [1.54, 1.807) is 0 Å². The highest BCUT2D eigenvalue weighted by Gasteiger charge is 2.05. The Morgan fingerprint density at radius 1 is 1.35 bits per heavy atom. The van der Waals surface area contributed by atoms with Gasteiger partial charge in [0.2, 0.25) is 0 Å². The summed E-state index contributed by atoms with van der Waals surface area (Å²) in [5.41, 5.74) is 0.385. The summed E-state index contributed by atoms with van der Waals surface area (Å²) in [7, 11) is 0. The Balaban J connectivity index is 2.38. The van der Waals surface area contributed by atoms with Crippen molar-refractivity contribution in [2.75, 3.05) is 6.54 Å². The Labute approximate surface area is 99.2 Å². The second-order valence-corrected chi connectivity index (χ2v) is 4.04. The SMILES string of the molecule is CC(C)NC(=O)NCCc1ccc(F)cc1F. The van der Waals surface area contributed by atoms with Crippen LogP contribution in [0.2, 0.25) is 0 Å². The Hall–Kier alpha value is -1.65. The van der Waals surface area contributed by atoms with Crippen LogP contribution in [0.15, 0.2) is 18.2 Å². The Kier molecular flexibility index (Phi) is 4.87. The first-order valence-corrected chi connectivity index (χ1v) is 5.47.